The minimum absolute atomic E-state index is 0.0871. The van der Waals surface area contributed by atoms with Crippen LogP contribution in [0.5, 0.6) is 0 Å². The highest BCUT2D eigenvalue weighted by Gasteiger charge is 2.14. The second-order valence-corrected chi connectivity index (χ2v) is 4.38. The third kappa shape index (κ3) is 1.89. The van der Waals surface area contributed by atoms with Crippen molar-refractivity contribution in [2.75, 3.05) is 11.1 Å². The van der Waals surface area contributed by atoms with Crippen molar-refractivity contribution < 1.29 is 4.79 Å². The second kappa shape index (κ2) is 3.72. The number of rotatable bonds is 1. The van der Waals surface area contributed by atoms with Crippen LogP contribution in [-0.4, -0.2) is 11.7 Å². The van der Waals surface area contributed by atoms with Crippen LogP contribution in [-0.2, 0) is 10.1 Å². The molecule has 13 heavy (non-hydrogen) atoms. The molecule has 2 rings (SSSR count). The van der Waals surface area contributed by atoms with E-state index in [1.807, 2.05) is 12.1 Å². The average molecular weight is 258 g/mol. The molecule has 0 radical (unpaired) electrons. The lowest BCUT2D eigenvalue weighted by Gasteiger charge is -2.16. The van der Waals surface area contributed by atoms with Gasteiger partial charge in [-0.25, -0.2) is 0 Å². The number of hydrogen-bond donors (Lipinski definition) is 1. The lowest BCUT2D eigenvalue weighted by molar-refractivity contribution is -0.113. The molecular weight excluding hydrogens is 250 g/mol. The molecule has 4 heteroatoms. The number of nitrogens with one attached hydrogen (secondary N) is 1. The Bertz CT molecular complexity index is 353. The fourth-order valence-corrected chi connectivity index (χ4v) is 2.42. The summed E-state index contributed by atoms with van der Waals surface area (Å²) in [6.45, 7) is 0. The molecule has 0 aliphatic carbocycles. The van der Waals surface area contributed by atoms with Gasteiger partial charge in [0.15, 0.2) is 0 Å². The van der Waals surface area contributed by atoms with Crippen LogP contribution in [0.1, 0.15) is 5.56 Å². The van der Waals surface area contributed by atoms with Crippen LogP contribution >= 0.6 is 27.7 Å². The zero-order valence-electron chi connectivity index (χ0n) is 6.84. The lowest BCUT2D eigenvalue weighted by atomic mass is 10.2. The van der Waals surface area contributed by atoms with Crippen molar-refractivity contribution in [3.63, 3.8) is 0 Å². The Morgan fingerprint density at radius 3 is 3.15 bits per heavy atom. The number of amides is 1. The van der Waals surface area contributed by atoms with E-state index >= 15 is 0 Å². The predicted octanol–water partition coefficient (Wildman–Crippen LogP) is 2.63. The SMILES string of the molecule is O=C1CSc2cc(CBr)ccc2N1. The van der Waals surface area contributed by atoms with Gasteiger partial charge in [-0.3, -0.25) is 4.79 Å². The Kier molecular flexibility index (Phi) is 2.60. The maximum Gasteiger partial charge on any atom is 0.234 e. The average Bonchev–Trinajstić information content (AvgIpc) is 2.17. The molecule has 1 heterocycles. The van der Waals surface area contributed by atoms with E-state index in [0.29, 0.717) is 5.75 Å². The van der Waals surface area contributed by atoms with Crippen LogP contribution in [0.15, 0.2) is 23.1 Å². The Hall–Kier alpha value is -0.480. The van der Waals surface area contributed by atoms with Gasteiger partial charge in [0.1, 0.15) is 0 Å². The van der Waals surface area contributed by atoms with E-state index in [2.05, 4.69) is 27.3 Å². The normalized spacial score (nSPS) is 15.0. The molecule has 0 unspecified atom stereocenters. The number of alkyl halides is 1. The van der Waals surface area contributed by atoms with Gasteiger partial charge in [-0.2, -0.15) is 0 Å². The monoisotopic (exact) mass is 257 g/mol. The van der Waals surface area contributed by atoms with Gasteiger partial charge in [-0.1, -0.05) is 22.0 Å². The van der Waals surface area contributed by atoms with E-state index in [1.54, 1.807) is 11.8 Å². The van der Waals surface area contributed by atoms with Crippen molar-refractivity contribution in [1.82, 2.24) is 0 Å². The van der Waals surface area contributed by atoms with Crippen LogP contribution in [0.25, 0.3) is 0 Å². The maximum absolute atomic E-state index is 11.0. The van der Waals surface area contributed by atoms with Crippen molar-refractivity contribution in [1.29, 1.82) is 0 Å². The molecule has 0 saturated carbocycles. The molecule has 1 N–H and O–H groups in total. The molecule has 68 valence electrons. The zero-order chi connectivity index (χ0) is 9.26. The third-order valence-electron chi connectivity index (χ3n) is 1.83. The Balaban J connectivity index is 2.36. The second-order valence-electron chi connectivity index (χ2n) is 2.80. The molecule has 1 amide bonds. The Labute approximate surface area is 89.2 Å². The van der Waals surface area contributed by atoms with Crippen molar-refractivity contribution in [3.8, 4) is 0 Å². The molecule has 1 aliphatic heterocycles. The van der Waals surface area contributed by atoms with Gasteiger partial charge in [0.2, 0.25) is 5.91 Å². The molecule has 0 aromatic heterocycles. The summed E-state index contributed by atoms with van der Waals surface area (Å²) in [5, 5.41) is 3.69. The number of benzene rings is 1. The highest BCUT2D eigenvalue weighted by molar-refractivity contribution is 9.08. The summed E-state index contributed by atoms with van der Waals surface area (Å²) >= 11 is 4.99. The summed E-state index contributed by atoms with van der Waals surface area (Å²) in [5.41, 5.74) is 2.17. The van der Waals surface area contributed by atoms with Crippen LogP contribution in [0.3, 0.4) is 0 Å². The zero-order valence-corrected chi connectivity index (χ0v) is 9.24. The van der Waals surface area contributed by atoms with Crippen molar-refractivity contribution in [2.45, 2.75) is 10.2 Å². The third-order valence-corrected chi connectivity index (χ3v) is 3.54. The standard InChI is InChI=1S/C9H8BrNOS/c10-4-6-1-2-7-8(3-6)13-5-9(12)11-7/h1-3H,4-5H2,(H,11,12). The van der Waals surface area contributed by atoms with Crippen molar-refractivity contribution in [3.05, 3.63) is 23.8 Å². The van der Waals surface area contributed by atoms with Crippen LogP contribution < -0.4 is 5.32 Å². The van der Waals surface area contributed by atoms with Gasteiger partial charge in [0, 0.05) is 10.2 Å². The largest absolute Gasteiger partial charge is 0.324 e. The number of thioether (sulfide) groups is 1. The molecule has 0 atom stereocenters. The van der Waals surface area contributed by atoms with E-state index in [4.69, 9.17) is 0 Å². The van der Waals surface area contributed by atoms with Gasteiger partial charge >= 0.3 is 0 Å². The number of halogens is 1. The smallest absolute Gasteiger partial charge is 0.234 e. The fourth-order valence-electron chi connectivity index (χ4n) is 1.20. The fraction of sp³-hybridized carbons (Fsp3) is 0.222. The summed E-state index contributed by atoms with van der Waals surface area (Å²) in [4.78, 5) is 12.2. The molecule has 1 aliphatic rings. The molecule has 2 nitrogen and oxygen atoms in total. The summed E-state index contributed by atoms with van der Waals surface area (Å²) in [6.07, 6.45) is 0. The summed E-state index contributed by atoms with van der Waals surface area (Å²) in [5.74, 6) is 0.614. The van der Waals surface area contributed by atoms with Crippen LogP contribution in [0.4, 0.5) is 5.69 Å². The van der Waals surface area contributed by atoms with Gasteiger partial charge in [0.25, 0.3) is 0 Å². The molecule has 1 aromatic rings. The van der Waals surface area contributed by atoms with Gasteiger partial charge in [0.05, 0.1) is 11.4 Å². The molecule has 0 spiro atoms. The lowest BCUT2D eigenvalue weighted by Crippen LogP contribution is -2.18. The molecule has 1 aromatic carbocycles. The first-order valence-electron chi connectivity index (χ1n) is 3.91. The van der Waals surface area contributed by atoms with Crippen molar-refractivity contribution >= 4 is 39.3 Å². The molecule has 0 fully saturated rings. The summed E-state index contributed by atoms with van der Waals surface area (Å²) in [6, 6.07) is 6.07. The summed E-state index contributed by atoms with van der Waals surface area (Å²) in [7, 11) is 0. The first-order valence-corrected chi connectivity index (χ1v) is 6.02. The van der Waals surface area contributed by atoms with E-state index < -0.39 is 0 Å². The van der Waals surface area contributed by atoms with Crippen LogP contribution in [0.2, 0.25) is 0 Å². The Morgan fingerprint density at radius 1 is 1.54 bits per heavy atom. The first kappa shape index (κ1) is 9.09. The van der Waals surface area contributed by atoms with E-state index in [9.17, 15) is 4.79 Å². The molecule has 0 saturated heterocycles. The van der Waals surface area contributed by atoms with E-state index in [1.165, 1.54) is 5.56 Å². The maximum atomic E-state index is 11.0. The number of carbonyl (C=O) groups is 1. The van der Waals surface area contributed by atoms with Gasteiger partial charge in [-0.15, -0.1) is 11.8 Å². The van der Waals surface area contributed by atoms with E-state index in [0.717, 1.165) is 15.9 Å². The number of anilines is 1. The summed E-state index contributed by atoms with van der Waals surface area (Å²) < 4.78 is 0. The minimum Gasteiger partial charge on any atom is -0.324 e. The van der Waals surface area contributed by atoms with Crippen LogP contribution in [0, 0.1) is 0 Å². The Morgan fingerprint density at radius 2 is 2.38 bits per heavy atom. The highest BCUT2D eigenvalue weighted by atomic mass is 79.9. The first-order chi connectivity index (χ1) is 6.29. The molecular formula is C9H8BrNOS. The minimum atomic E-state index is 0.0871. The van der Waals surface area contributed by atoms with Gasteiger partial charge in [-0.05, 0) is 17.7 Å². The predicted molar refractivity (Wildman–Crippen MR) is 58.4 cm³/mol. The highest BCUT2D eigenvalue weighted by Crippen LogP contribution is 2.32. The van der Waals surface area contributed by atoms with E-state index in [-0.39, 0.29) is 5.91 Å². The number of carbonyl (C=O) groups excluding carboxylic acids is 1. The van der Waals surface area contributed by atoms with Crippen molar-refractivity contribution in [2.24, 2.45) is 0 Å². The van der Waals surface area contributed by atoms with Gasteiger partial charge < -0.3 is 5.32 Å². The number of hydrogen-bond acceptors (Lipinski definition) is 2. The molecule has 0 bridgehead atoms. The number of fused-ring (bicyclic) bond motifs is 1. The topological polar surface area (TPSA) is 29.1 Å². The quantitative estimate of drug-likeness (QED) is 0.784.